The third-order valence-corrected chi connectivity index (χ3v) is 3.08. The van der Waals surface area contributed by atoms with Crippen LogP contribution in [0.1, 0.15) is 19.8 Å². The van der Waals surface area contributed by atoms with Crippen molar-refractivity contribution in [2.75, 3.05) is 11.9 Å². The first kappa shape index (κ1) is 14.8. The highest BCUT2D eigenvalue weighted by Gasteiger charge is 2.30. The number of carbonyl (C=O) groups is 1. The second-order valence-electron chi connectivity index (χ2n) is 4.75. The van der Waals surface area contributed by atoms with Crippen molar-refractivity contribution in [2.45, 2.75) is 38.3 Å². The summed E-state index contributed by atoms with van der Waals surface area (Å²) < 4.78 is 11.1. The molecule has 1 aromatic carbocycles. The summed E-state index contributed by atoms with van der Waals surface area (Å²) in [6, 6.07) is 6.93. The second-order valence-corrected chi connectivity index (χ2v) is 4.75. The SMILES string of the molecule is CC(=O)Nc1ccc(O[C@@H]2CC[C@H](O)[C@@H](CO)O2)cc1. The van der Waals surface area contributed by atoms with Gasteiger partial charge < -0.3 is 25.0 Å². The largest absolute Gasteiger partial charge is 0.465 e. The molecule has 0 unspecified atom stereocenters. The van der Waals surface area contributed by atoms with Gasteiger partial charge >= 0.3 is 0 Å². The summed E-state index contributed by atoms with van der Waals surface area (Å²) in [6.45, 7) is 1.21. The number of hydrogen-bond donors (Lipinski definition) is 3. The molecule has 1 saturated heterocycles. The molecule has 3 N–H and O–H groups in total. The van der Waals surface area contributed by atoms with Crippen LogP contribution in [-0.2, 0) is 9.53 Å². The van der Waals surface area contributed by atoms with Gasteiger partial charge in [-0.25, -0.2) is 0 Å². The number of hydrogen-bond acceptors (Lipinski definition) is 5. The molecule has 1 fully saturated rings. The number of amides is 1. The molecule has 0 aliphatic carbocycles. The molecule has 1 aliphatic heterocycles. The van der Waals surface area contributed by atoms with E-state index in [1.54, 1.807) is 24.3 Å². The number of carbonyl (C=O) groups excluding carboxylic acids is 1. The Kier molecular flexibility index (Phi) is 4.94. The van der Waals surface area contributed by atoms with Gasteiger partial charge in [0.15, 0.2) is 6.29 Å². The van der Waals surface area contributed by atoms with E-state index in [9.17, 15) is 9.90 Å². The molecule has 0 aromatic heterocycles. The molecule has 1 amide bonds. The van der Waals surface area contributed by atoms with E-state index in [1.807, 2.05) is 0 Å². The number of ether oxygens (including phenoxy) is 2. The van der Waals surface area contributed by atoms with Gasteiger partial charge in [0.2, 0.25) is 5.91 Å². The predicted molar refractivity (Wildman–Crippen MR) is 72.4 cm³/mol. The van der Waals surface area contributed by atoms with Gasteiger partial charge in [0.05, 0.1) is 12.7 Å². The summed E-state index contributed by atoms with van der Waals surface area (Å²) in [4.78, 5) is 10.9. The van der Waals surface area contributed by atoms with Crippen LogP contribution in [0.5, 0.6) is 5.75 Å². The Morgan fingerprint density at radius 3 is 2.70 bits per heavy atom. The average Bonchev–Trinajstić information content (AvgIpc) is 2.42. The van der Waals surface area contributed by atoms with Crippen molar-refractivity contribution in [1.29, 1.82) is 0 Å². The molecule has 1 aromatic rings. The summed E-state index contributed by atoms with van der Waals surface area (Å²) in [6.07, 6.45) is -0.651. The number of nitrogens with one attached hydrogen (secondary N) is 1. The van der Waals surface area contributed by atoms with Crippen LogP contribution in [0.4, 0.5) is 5.69 Å². The molecule has 6 nitrogen and oxygen atoms in total. The first-order valence-electron chi connectivity index (χ1n) is 6.57. The Balaban J connectivity index is 1.91. The van der Waals surface area contributed by atoms with Crippen molar-refractivity contribution in [3.63, 3.8) is 0 Å². The van der Waals surface area contributed by atoms with Crippen molar-refractivity contribution in [1.82, 2.24) is 0 Å². The first-order valence-corrected chi connectivity index (χ1v) is 6.57. The molecular formula is C14H19NO5. The Bertz CT molecular complexity index is 447. The van der Waals surface area contributed by atoms with Crippen molar-refractivity contribution in [3.8, 4) is 5.75 Å². The molecule has 0 radical (unpaired) electrons. The Morgan fingerprint density at radius 2 is 2.10 bits per heavy atom. The van der Waals surface area contributed by atoms with E-state index < -0.39 is 18.5 Å². The highest BCUT2D eigenvalue weighted by molar-refractivity contribution is 5.88. The van der Waals surface area contributed by atoms with Gasteiger partial charge in [0.25, 0.3) is 0 Å². The topological polar surface area (TPSA) is 88.0 Å². The molecule has 0 spiro atoms. The van der Waals surface area contributed by atoms with Crippen LogP contribution < -0.4 is 10.1 Å². The lowest BCUT2D eigenvalue weighted by molar-refractivity contribution is -0.196. The van der Waals surface area contributed by atoms with Gasteiger partial charge in [-0.05, 0) is 30.7 Å². The van der Waals surface area contributed by atoms with Crippen LogP contribution in [0.25, 0.3) is 0 Å². The normalized spacial score (nSPS) is 26.1. The maximum atomic E-state index is 10.9. The molecule has 1 aliphatic rings. The van der Waals surface area contributed by atoms with Crippen molar-refractivity contribution < 1.29 is 24.5 Å². The number of anilines is 1. The van der Waals surface area contributed by atoms with Crippen LogP contribution in [0.15, 0.2) is 24.3 Å². The van der Waals surface area contributed by atoms with Crippen molar-refractivity contribution in [2.24, 2.45) is 0 Å². The quantitative estimate of drug-likeness (QED) is 0.762. The van der Waals surface area contributed by atoms with Crippen molar-refractivity contribution in [3.05, 3.63) is 24.3 Å². The van der Waals surface area contributed by atoms with Gasteiger partial charge in [-0.1, -0.05) is 0 Å². The van der Waals surface area contributed by atoms with Gasteiger partial charge in [-0.3, -0.25) is 4.79 Å². The summed E-state index contributed by atoms with van der Waals surface area (Å²) in [5, 5.41) is 21.3. The van der Waals surface area contributed by atoms with Crippen LogP contribution in [0.3, 0.4) is 0 Å². The Hall–Kier alpha value is -1.63. The van der Waals surface area contributed by atoms with E-state index in [-0.39, 0.29) is 12.5 Å². The van der Waals surface area contributed by atoms with E-state index in [2.05, 4.69) is 5.32 Å². The third-order valence-electron chi connectivity index (χ3n) is 3.08. The van der Waals surface area contributed by atoms with Gasteiger partial charge in [-0.2, -0.15) is 0 Å². The molecule has 0 bridgehead atoms. The Labute approximate surface area is 117 Å². The fourth-order valence-electron chi connectivity index (χ4n) is 2.07. The van der Waals surface area contributed by atoms with E-state index >= 15 is 0 Å². The summed E-state index contributed by atoms with van der Waals surface area (Å²) in [5.41, 5.74) is 0.693. The van der Waals surface area contributed by atoms with Crippen molar-refractivity contribution >= 4 is 11.6 Å². The first-order chi connectivity index (χ1) is 9.58. The predicted octanol–water partition coefficient (Wildman–Crippen LogP) is 0.882. The number of rotatable bonds is 4. The zero-order valence-electron chi connectivity index (χ0n) is 11.3. The molecule has 6 heteroatoms. The molecule has 0 saturated carbocycles. The second kappa shape index (κ2) is 6.69. The minimum absolute atomic E-state index is 0.131. The Morgan fingerprint density at radius 1 is 1.40 bits per heavy atom. The summed E-state index contributed by atoms with van der Waals surface area (Å²) in [7, 11) is 0. The molecule has 3 atom stereocenters. The minimum atomic E-state index is -0.651. The lowest BCUT2D eigenvalue weighted by atomic mass is 10.1. The zero-order chi connectivity index (χ0) is 14.5. The lowest BCUT2D eigenvalue weighted by Crippen LogP contribution is -2.43. The van der Waals surface area contributed by atoms with Gasteiger partial charge in [0, 0.05) is 19.0 Å². The van der Waals surface area contributed by atoms with E-state index in [4.69, 9.17) is 14.6 Å². The molecular weight excluding hydrogens is 262 g/mol. The number of aliphatic hydroxyl groups excluding tert-OH is 2. The minimum Gasteiger partial charge on any atom is -0.465 e. The van der Waals surface area contributed by atoms with Crippen LogP contribution in [0, 0.1) is 0 Å². The summed E-state index contributed by atoms with van der Waals surface area (Å²) >= 11 is 0. The highest BCUT2D eigenvalue weighted by Crippen LogP contribution is 2.24. The third kappa shape index (κ3) is 3.93. The standard InChI is InChI=1S/C14H19NO5/c1-9(17)15-10-2-4-11(5-3-10)19-14-7-6-12(18)13(8-16)20-14/h2-5,12-14,16,18H,6-8H2,1H3,(H,15,17)/t12-,13+,14-/m0/s1. The monoisotopic (exact) mass is 281 g/mol. The maximum Gasteiger partial charge on any atom is 0.221 e. The van der Waals surface area contributed by atoms with Crippen LogP contribution >= 0.6 is 0 Å². The highest BCUT2D eigenvalue weighted by atomic mass is 16.7. The van der Waals surface area contributed by atoms with E-state index in [0.717, 1.165) is 0 Å². The van der Waals surface area contributed by atoms with E-state index in [0.29, 0.717) is 24.3 Å². The van der Waals surface area contributed by atoms with Crippen LogP contribution in [-0.4, -0.2) is 41.2 Å². The van der Waals surface area contributed by atoms with Gasteiger partial charge in [-0.15, -0.1) is 0 Å². The molecule has 2 rings (SSSR count). The zero-order valence-corrected chi connectivity index (χ0v) is 11.3. The summed E-state index contributed by atoms with van der Waals surface area (Å²) in [5.74, 6) is 0.478. The van der Waals surface area contributed by atoms with E-state index in [1.165, 1.54) is 6.92 Å². The maximum absolute atomic E-state index is 10.9. The molecule has 1 heterocycles. The average molecular weight is 281 g/mol. The molecule has 20 heavy (non-hydrogen) atoms. The van der Waals surface area contributed by atoms with Gasteiger partial charge in [0.1, 0.15) is 11.9 Å². The fourth-order valence-corrected chi connectivity index (χ4v) is 2.07. The smallest absolute Gasteiger partial charge is 0.221 e. The fraction of sp³-hybridized carbons (Fsp3) is 0.500. The van der Waals surface area contributed by atoms with Crippen LogP contribution in [0.2, 0.25) is 0 Å². The number of aliphatic hydroxyl groups is 2. The lowest BCUT2D eigenvalue weighted by Gasteiger charge is -2.32. The molecule has 110 valence electrons. The number of benzene rings is 1.